The van der Waals surface area contributed by atoms with E-state index in [2.05, 4.69) is 65.3 Å². The molecule has 0 bridgehead atoms. The van der Waals surface area contributed by atoms with Crippen LogP contribution in [0.5, 0.6) is 5.75 Å². The molecule has 2 N–H and O–H groups in total. The third-order valence-electron chi connectivity index (χ3n) is 4.80. The predicted molar refractivity (Wildman–Crippen MR) is 120 cm³/mol. The quantitative estimate of drug-likeness (QED) is 0.377. The molecule has 3 rings (SSSR count). The Balaban J connectivity index is 1.38. The third kappa shape index (κ3) is 6.21. The minimum Gasteiger partial charge on any atom is -0.494 e. The molecule has 5 heteroatoms. The van der Waals surface area contributed by atoms with Crippen molar-refractivity contribution in [2.45, 2.75) is 52.1 Å². The lowest BCUT2D eigenvalue weighted by molar-refractivity contribution is 0.314. The second-order valence-corrected chi connectivity index (χ2v) is 8.03. The first kappa shape index (κ1) is 20.6. The Morgan fingerprint density at radius 2 is 2.00 bits per heavy atom. The van der Waals surface area contributed by atoms with Gasteiger partial charge in [0.25, 0.3) is 0 Å². The molecule has 0 amide bonds. The molecule has 3 aromatic rings. The molecule has 28 heavy (non-hydrogen) atoms. The summed E-state index contributed by atoms with van der Waals surface area (Å²) >= 11 is 1.54. The molecule has 1 unspecified atom stereocenters. The molecule has 2 aromatic carbocycles. The fraction of sp³-hybridized carbons (Fsp3) is 0.435. The van der Waals surface area contributed by atoms with Gasteiger partial charge >= 0.3 is 0 Å². The first-order chi connectivity index (χ1) is 13.8. The average Bonchev–Trinajstić information content (AvgIpc) is 3.14. The SMILES string of the molecule is CCCCC(C)NCc1cccc(OCCCNc2nsc3ccccc23)c1. The van der Waals surface area contributed by atoms with Crippen LogP contribution in [-0.4, -0.2) is 23.6 Å². The Bertz CT molecular complexity index is 848. The van der Waals surface area contributed by atoms with E-state index < -0.39 is 0 Å². The van der Waals surface area contributed by atoms with E-state index in [1.807, 2.05) is 12.1 Å². The molecule has 0 spiro atoms. The Kier molecular flexibility index (Phi) is 8.12. The summed E-state index contributed by atoms with van der Waals surface area (Å²) in [6, 6.07) is 17.3. The topological polar surface area (TPSA) is 46.2 Å². The summed E-state index contributed by atoms with van der Waals surface area (Å²) in [5, 5.41) is 8.22. The molecule has 1 heterocycles. The summed E-state index contributed by atoms with van der Waals surface area (Å²) in [5.74, 6) is 1.92. The number of unbranched alkanes of at least 4 members (excludes halogenated alkanes) is 1. The zero-order valence-electron chi connectivity index (χ0n) is 16.9. The van der Waals surface area contributed by atoms with Crippen LogP contribution < -0.4 is 15.4 Å². The zero-order valence-corrected chi connectivity index (χ0v) is 17.7. The summed E-state index contributed by atoms with van der Waals surface area (Å²) in [5.41, 5.74) is 1.27. The highest BCUT2D eigenvalue weighted by Gasteiger charge is 2.05. The number of aromatic nitrogens is 1. The Hall–Kier alpha value is -2.11. The van der Waals surface area contributed by atoms with Crippen LogP contribution in [0, 0.1) is 0 Å². The molecule has 0 radical (unpaired) electrons. The standard InChI is InChI=1S/C23H31N3OS/c1-3-4-9-18(2)25-17-19-10-7-11-20(16-19)27-15-8-14-24-23-21-12-5-6-13-22(21)28-26-23/h5-7,10-13,16,18,25H,3-4,8-9,14-15,17H2,1-2H3,(H,24,26). The molecular weight excluding hydrogens is 366 g/mol. The molecule has 0 aliphatic rings. The molecule has 0 aliphatic carbocycles. The lowest BCUT2D eigenvalue weighted by Gasteiger charge is -2.14. The van der Waals surface area contributed by atoms with E-state index >= 15 is 0 Å². The van der Waals surface area contributed by atoms with E-state index in [1.54, 1.807) is 0 Å². The molecule has 1 atom stereocenters. The van der Waals surface area contributed by atoms with Crippen molar-refractivity contribution in [3.05, 3.63) is 54.1 Å². The first-order valence-corrected chi connectivity index (χ1v) is 11.1. The van der Waals surface area contributed by atoms with Gasteiger partial charge in [0.2, 0.25) is 0 Å². The van der Waals surface area contributed by atoms with Crippen LogP contribution in [0.15, 0.2) is 48.5 Å². The number of nitrogens with zero attached hydrogens (tertiary/aromatic N) is 1. The third-order valence-corrected chi connectivity index (χ3v) is 5.63. The van der Waals surface area contributed by atoms with E-state index in [-0.39, 0.29) is 0 Å². The monoisotopic (exact) mass is 397 g/mol. The maximum absolute atomic E-state index is 5.94. The van der Waals surface area contributed by atoms with Crippen molar-refractivity contribution in [3.63, 3.8) is 0 Å². The number of hydrogen-bond acceptors (Lipinski definition) is 5. The van der Waals surface area contributed by atoms with Crippen LogP contribution >= 0.6 is 11.5 Å². The van der Waals surface area contributed by atoms with E-state index in [4.69, 9.17) is 4.74 Å². The van der Waals surface area contributed by atoms with Crippen LogP contribution in [0.2, 0.25) is 0 Å². The van der Waals surface area contributed by atoms with Crippen molar-refractivity contribution in [2.24, 2.45) is 0 Å². The van der Waals surface area contributed by atoms with Gasteiger partial charge in [0.15, 0.2) is 0 Å². The van der Waals surface area contributed by atoms with Gasteiger partial charge in [0.05, 0.1) is 11.3 Å². The molecule has 0 saturated carbocycles. The van der Waals surface area contributed by atoms with Gasteiger partial charge in [-0.05, 0) is 61.1 Å². The molecule has 0 aliphatic heterocycles. The van der Waals surface area contributed by atoms with Crippen LogP contribution in [-0.2, 0) is 6.54 Å². The highest BCUT2D eigenvalue weighted by molar-refractivity contribution is 7.13. The van der Waals surface area contributed by atoms with E-state index in [1.165, 1.54) is 46.4 Å². The summed E-state index contributed by atoms with van der Waals surface area (Å²) in [6.45, 7) is 6.93. The van der Waals surface area contributed by atoms with E-state index in [0.29, 0.717) is 12.6 Å². The Morgan fingerprint density at radius 1 is 1.11 bits per heavy atom. The predicted octanol–water partition coefficient (Wildman–Crippen LogP) is 5.85. The lowest BCUT2D eigenvalue weighted by Crippen LogP contribution is -2.25. The van der Waals surface area contributed by atoms with Crippen LogP contribution in [0.4, 0.5) is 5.82 Å². The number of benzene rings is 2. The molecular formula is C23H31N3OS. The number of ether oxygens (including phenoxy) is 1. The van der Waals surface area contributed by atoms with Gasteiger partial charge < -0.3 is 15.4 Å². The normalized spacial score (nSPS) is 12.2. The molecule has 4 nitrogen and oxygen atoms in total. The lowest BCUT2D eigenvalue weighted by atomic mass is 10.1. The van der Waals surface area contributed by atoms with Gasteiger partial charge in [0, 0.05) is 24.5 Å². The van der Waals surface area contributed by atoms with Gasteiger partial charge in [-0.25, -0.2) is 0 Å². The second kappa shape index (κ2) is 11.0. The van der Waals surface area contributed by atoms with Crippen LogP contribution in [0.3, 0.4) is 0 Å². The molecule has 0 saturated heterocycles. The van der Waals surface area contributed by atoms with Gasteiger partial charge in [-0.2, -0.15) is 4.37 Å². The fourth-order valence-electron chi connectivity index (χ4n) is 3.13. The summed E-state index contributed by atoms with van der Waals surface area (Å²) in [4.78, 5) is 0. The highest BCUT2D eigenvalue weighted by atomic mass is 32.1. The number of fused-ring (bicyclic) bond motifs is 1. The maximum atomic E-state index is 5.94. The van der Waals surface area contributed by atoms with Crippen LogP contribution in [0.1, 0.15) is 45.1 Å². The smallest absolute Gasteiger partial charge is 0.147 e. The van der Waals surface area contributed by atoms with Crippen LogP contribution in [0.25, 0.3) is 10.1 Å². The minimum atomic E-state index is 0.553. The van der Waals surface area contributed by atoms with Crippen molar-refractivity contribution in [2.75, 3.05) is 18.5 Å². The zero-order chi connectivity index (χ0) is 19.6. The van der Waals surface area contributed by atoms with E-state index in [0.717, 1.165) is 31.1 Å². The van der Waals surface area contributed by atoms with E-state index in [9.17, 15) is 0 Å². The Morgan fingerprint density at radius 3 is 2.89 bits per heavy atom. The highest BCUT2D eigenvalue weighted by Crippen LogP contribution is 2.26. The fourth-order valence-corrected chi connectivity index (χ4v) is 3.89. The summed E-state index contributed by atoms with van der Waals surface area (Å²) < 4.78 is 11.7. The van der Waals surface area contributed by atoms with Crippen molar-refractivity contribution >= 4 is 27.4 Å². The minimum absolute atomic E-state index is 0.553. The largest absolute Gasteiger partial charge is 0.494 e. The van der Waals surface area contributed by atoms with Gasteiger partial charge in [-0.3, -0.25) is 0 Å². The summed E-state index contributed by atoms with van der Waals surface area (Å²) in [6.07, 6.45) is 4.70. The average molecular weight is 398 g/mol. The number of hydrogen-bond donors (Lipinski definition) is 2. The van der Waals surface area contributed by atoms with Gasteiger partial charge in [-0.1, -0.05) is 44.0 Å². The number of rotatable bonds is 12. The molecule has 0 fully saturated rings. The maximum Gasteiger partial charge on any atom is 0.147 e. The van der Waals surface area contributed by atoms with Crippen molar-refractivity contribution in [3.8, 4) is 5.75 Å². The molecule has 150 valence electrons. The summed E-state index contributed by atoms with van der Waals surface area (Å²) in [7, 11) is 0. The van der Waals surface area contributed by atoms with Crippen molar-refractivity contribution < 1.29 is 4.74 Å². The number of anilines is 1. The number of nitrogens with one attached hydrogen (secondary N) is 2. The first-order valence-electron chi connectivity index (χ1n) is 10.3. The molecule has 1 aromatic heterocycles. The second-order valence-electron chi connectivity index (χ2n) is 7.23. The van der Waals surface area contributed by atoms with Crippen molar-refractivity contribution in [1.29, 1.82) is 0 Å². The van der Waals surface area contributed by atoms with Crippen molar-refractivity contribution in [1.82, 2.24) is 9.69 Å². The van der Waals surface area contributed by atoms with Gasteiger partial charge in [0.1, 0.15) is 11.6 Å². The van der Waals surface area contributed by atoms with Gasteiger partial charge in [-0.15, -0.1) is 0 Å². The Labute approximate surface area is 172 Å².